The van der Waals surface area contributed by atoms with Crippen LogP contribution in [0.5, 0.6) is 0 Å². The molecule has 1 aliphatic rings. The molecule has 0 aliphatic carbocycles. The summed E-state index contributed by atoms with van der Waals surface area (Å²) in [6.45, 7) is 7.57. The Kier molecular flexibility index (Phi) is 5.58. The molecule has 0 aromatic carbocycles. The summed E-state index contributed by atoms with van der Waals surface area (Å²) >= 11 is 3.17. The molecule has 3 rings (SSSR count). The van der Waals surface area contributed by atoms with Crippen LogP contribution in [-0.2, 0) is 11.3 Å². The van der Waals surface area contributed by atoms with Crippen LogP contribution in [0, 0.1) is 5.92 Å². The number of nitrogen functional groups attached to an aromatic ring is 1. The zero-order chi connectivity index (χ0) is 17.1. The van der Waals surface area contributed by atoms with Crippen molar-refractivity contribution in [2.24, 2.45) is 5.92 Å². The van der Waals surface area contributed by atoms with Gasteiger partial charge in [0.15, 0.2) is 0 Å². The van der Waals surface area contributed by atoms with E-state index in [0.717, 1.165) is 36.0 Å². The molecular formula is C18H24N2O2S2. The first-order valence-corrected chi connectivity index (χ1v) is 10.1. The van der Waals surface area contributed by atoms with Gasteiger partial charge in [-0.25, -0.2) is 4.79 Å². The Balaban J connectivity index is 1.94. The Morgan fingerprint density at radius 2 is 2.17 bits per heavy atom. The SMILES string of the molecule is CCOC(=O)c1c(N)sc(CN2CCC(C)CC2)c1-c1cccs1. The normalized spacial score (nSPS) is 16.4. The molecule has 2 aromatic rings. The molecule has 1 saturated heterocycles. The lowest BCUT2D eigenvalue weighted by Gasteiger charge is -2.30. The number of hydrogen-bond acceptors (Lipinski definition) is 6. The Bertz CT molecular complexity index is 686. The molecule has 130 valence electrons. The predicted octanol–water partition coefficient (Wildman–Crippen LogP) is 4.47. The second-order valence-electron chi connectivity index (χ2n) is 6.30. The number of anilines is 1. The van der Waals surface area contributed by atoms with Crippen LogP contribution >= 0.6 is 22.7 Å². The van der Waals surface area contributed by atoms with Gasteiger partial charge in [-0.2, -0.15) is 0 Å². The molecular weight excluding hydrogens is 340 g/mol. The van der Waals surface area contributed by atoms with Crippen molar-refractivity contribution in [3.8, 4) is 10.4 Å². The fraction of sp³-hybridized carbons (Fsp3) is 0.500. The second-order valence-corrected chi connectivity index (χ2v) is 8.38. The predicted molar refractivity (Wildman–Crippen MR) is 102 cm³/mol. The number of ether oxygens (including phenoxy) is 1. The maximum atomic E-state index is 12.4. The van der Waals surface area contributed by atoms with Gasteiger partial charge in [-0.3, -0.25) is 4.90 Å². The van der Waals surface area contributed by atoms with Gasteiger partial charge >= 0.3 is 5.97 Å². The molecule has 0 radical (unpaired) electrons. The zero-order valence-electron chi connectivity index (χ0n) is 14.2. The largest absolute Gasteiger partial charge is 0.462 e. The van der Waals surface area contributed by atoms with Gasteiger partial charge in [-0.15, -0.1) is 22.7 Å². The van der Waals surface area contributed by atoms with Gasteiger partial charge in [0.25, 0.3) is 0 Å². The zero-order valence-corrected chi connectivity index (χ0v) is 15.8. The van der Waals surface area contributed by atoms with Crippen LogP contribution in [0.4, 0.5) is 5.00 Å². The van der Waals surface area contributed by atoms with Crippen molar-refractivity contribution in [3.05, 3.63) is 28.0 Å². The van der Waals surface area contributed by atoms with Crippen LogP contribution in [0.2, 0.25) is 0 Å². The number of rotatable bonds is 5. The first kappa shape index (κ1) is 17.5. The third kappa shape index (κ3) is 3.66. The molecule has 1 fully saturated rings. The Morgan fingerprint density at radius 1 is 1.42 bits per heavy atom. The number of nitrogens with two attached hydrogens (primary N) is 1. The number of piperidine rings is 1. The van der Waals surface area contributed by atoms with E-state index in [1.165, 1.54) is 29.1 Å². The van der Waals surface area contributed by atoms with Gasteiger partial charge < -0.3 is 10.5 Å². The summed E-state index contributed by atoms with van der Waals surface area (Å²) in [7, 11) is 0. The third-order valence-corrected chi connectivity index (χ3v) is 6.39. The molecule has 0 amide bonds. The smallest absolute Gasteiger partial charge is 0.341 e. The molecule has 24 heavy (non-hydrogen) atoms. The van der Waals surface area contributed by atoms with Gasteiger partial charge in [0, 0.05) is 21.9 Å². The highest BCUT2D eigenvalue weighted by Gasteiger charge is 2.27. The minimum absolute atomic E-state index is 0.312. The topological polar surface area (TPSA) is 55.6 Å². The highest BCUT2D eigenvalue weighted by atomic mass is 32.1. The van der Waals surface area contributed by atoms with E-state index in [2.05, 4.69) is 17.9 Å². The molecule has 0 spiro atoms. The number of likely N-dealkylation sites (tertiary alicyclic amines) is 1. The van der Waals surface area contributed by atoms with Crippen LogP contribution < -0.4 is 5.73 Å². The van der Waals surface area contributed by atoms with E-state index >= 15 is 0 Å². The lowest BCUT2D eigenvalue weighted by Crippen LogP contribution is -2.32. The summed E-state index contributed by atoms with van der Waals surface area (Å²) in [4.78, 5) is 17.2. The van der Waals surface area contributed by atoms with E-state index in [4.69, 9.17) is 10.5 Å². The van der Waals surface area contributed by atoms with Crippen LogP contribution in [-0.4, -0.2) is 30.6 Å². The quantitative estimate of drug-likeness (QED) is 0.796. The number of nitrogens with zero attached hydrogens (tertiary/aromatic N) is 1. The molecule has 2 aromatic heterocycles. The standard InChI is InChI=1S/C18H24N2O2S2/c1-3-22-18(21)16-15(13-5-4-10-23-13)14(24-17(16)19)11-20-8-6-12(2)7-9-20/h4-5,10,12H,3,6-9,11,19H2,1-2H3. The lowest BCUT2D eigenvalue weighted by molar-refractivity contribution is 0.0529. The van der Waals surface area contributed by atoms with E-state index in [9.17, 15) is 4.79 Å². The van der Waals surface area contributed by atoms with Crippen LogP contribution in [0.1, 0.15) is 41.9 Å². The number of carbonyl (C=O) groups excluding carboxylic acids is 1. The van der Waals surface area contributed by atoms with Gasteiger partial charge in [0.1, 0.15) is 10.6 Å². The van der Waals surface area contributed by atoms with E-state index in [1.54, 1.807) is 11.3 Å². The number of thiophene rings is 2. The van der Waals surface area contributed by atoms with Gasteiger partial charge in [-0.1, -0.05) is 13.0 Å². The van der Waals surface area contributed by atoms with Crippen molar-refractivity contribution in [1.82, 2.24) is 4.90 Å². The molecule has 3 heterocycles. The first-order valence-electron chi connectivity index (χ1n) is 8.44. The van der Waals surface area contributed by atoms with Crippen LogP contribution in [0.15, 0.2) is 17.5 Å². The highest BCUT2D eigenvalue weighted by Crippen LogP contribution is 2.42. The summed E-state index contributed by atoms with van der Waals surface area (Å²) in [6.07, 6.45) is 2.47. The third-order valence-electron chi connectivity index (χ3n) is 4.50. The highest BCUT2D eigenvalue weighted by molar-refractivity contribution is 7.18. The fourth-order valence-corrected chi connectivity index (χ4v) is 5.10. The molecule has 0 atom stereocenters. The minimum atomic E-state index is -0.312. The van der Waals surface area contributed by atoms with E-state index in [1.807, 2.05) is 18.4 Å². The maximum absolute atomic E-state index is 12.4. The van der Waals surface area contributed by atoms with E-state index in [0.29, 0.717) is 17.2 Å². The van der Waals surface area contributed by atoms with Crippen molar-refractivity contribution in [3.63, 3.8) is 0 Å². The molecule has 0 bridgehead atoms. The summed E-state index contributed by atoms with van der Waals surface area (Å²) in [6, 6.07) is 4.06. The maximum Gasteiger partial charge on any atom is 0.341 e. The monoisotopic (exact) mass is 364 g/mol. The molecule has 6 heteroatoms. The van der Waals surface area contributed by atoms with Crippen molar-refractivity contribution in [2.45, 2.75) is 33.2 Å². The second kappa shape index (κ2) is 7.68. The Hall–Kier alpha value is -1.37. The van der Waals surface area contributed by atoms with Crippen molar-refractivity contribution in [1.29, 1.82) is 0 Å². The average molecular weight is 365 g/mol. The fourth-order valence-electron chi connectivity index (χ4n) is 3.12. The average Bonchev–Trinajstić information content (AvgIpc) is 3.17. The summed E-state index contributed by atoms with van der Waals surface area (Å²) in [5, 5.41) is 2.60. The molecule has 0 saturated carbocycles. The molecule has 0 unspecified atom stereocenters. The van der Waals surface area contributed by atoms with Crippen molar-refractivity contribution in [2.75, 3.05) is 25.4 Å². The molecule has 2 N–H and O–H groups in total. The minimum Gasteiger partial charge on any atom is -0.462 e. The molecule has 1 aliphatic heterocycles. The summed E-state index contributed by atoms with van der Waals surface area (Å²) < 4.78 is 5.24. The number of esters is 1. The van der Waals surface area contributed by atoms with Gasteiger partial charge in [-0.05, 0) is 50.2 Å². The first-order chi connectivity index (χ1) is 11.6. The summed E-state index contributed by atoms with van der Waals surface area (Å²) in [5.41, 5.74) is 7.73. The van der Waals surface area contributed by atoms with Gasteiger partial charge in [0.2, 0.25) is 0 Å². The van der Waals surface area contributed by atoms with E-state index < -0.39 is 0 Å². The Morgan fingerprint density at radius 3 is 2.79 bits per heavy atom. The van der Waals surface area contributed by atoms with Crippen molar-refractivity contribution < 1.29 is 9.53 Å². The summed E-state index contributed by atoms with van der Waals surface area (Å²) in [5.74, 6) is 0.495. The van der Waals surface area contributed by atoms with E-state index in [-0.39, 0.29) is 5.97 Å². The Labute approximate surface area is 151 Å². The lowest BCUT2D eigenvalue weighted by atomic mass is 9.99. The van der Waals surface area contributed by atoms with Crippen LogP contribution in [0.3, 0.4) is 0 Å². The van der Waals surface area contributed by atoms with Gasteiger partial charge in [0.05, 0.1) is 6.61 Å². The molecule has 4 nitrogen and oxygen atoms in total. The van der Waals surface area contributed by atoms with Crippen molar-refractivity contribution >= 4 is 33.6 Å². The number of hydrogen-bond donors (Lipinski definition) is 1. The van der Waals surface area contributed by atoms with Crippen LogP contribution in [0.25, 0.3) is 10.4 Å². The number of carbonyl (C=O) groups is 1.